The van der Waals surface area contributed by atoms with Gasteiger partial charge >= 0.3 is 0 Å². The van der Waals surface area contributed by atoms with Crippen molar-refractivity contribution in [3.63, 3.8) is 0 Å². The van der Waals surface area contributed by atoms with E-state index in [1.165, 1.54) is 12.8 Å². The first kappa shape index (κ1) is 14.9. The Balaban J connectivity index is 2.73. The molecule has 0 aliphatic heterocycles. The number of aliphatic hydroxyl groups is 1. The van der Waals surface area contributed by atoms with Crippen molar-refractivity contribution in [3.05, 3.63) is 0 Å². The van der Waals surface area contributed by atoms with E-state index in [0.29, 0.717) is 18.5 Å². The second-order valence-electron chi connectivity index (χ2n) is 6.11. The van der Waals surface area contributed by atoms with Crippen LogP contribution in [0.15, 0.2) is 0 Å². The highest BCUT2D eigenvalue weighted by Crippen LogP contribution is 2.37. The summed E-state index contributed by atoms with van der Waals surface area (Å²) in [6.45, 7) is 9.82. The molecule has 0 amide bonds. The van der Waals surface area contributed by atoms with Gasteiger partial charge in [-0.3, -0.25) is 0 Å². The molecule has 0 aromatic heterocycles. The molecule has 102 valence electrons. The maximum Gasteiger partial charge on any atom is 0.0471 e. The standard InChI is InChI=1S/C14H30N2O/c1-10-6-5-7-14(9-15,12(10)3)16-13(4)11(2)8-17/h10-13,16-17H,5-9,15H2,1-4H3. The van der Waals surface area contributed by atoms with E-state index in [4.69, 9.17) is 5.73 Å². The summed E-state index contributed by atoms with van der Waals surface area (Å²) in [5, 5.41) is 13.0. The minimum atomic E-state index is 0.0700. The summed E-state index contributed by atoms with van der Waals surface area (Å²) >= 11 is 0. The van der Waals surface area contributed by atoms with Gasteiger partial charge in [0.15, 0.2) is 0 Å². The molecule has 17 heavy (non-hydrogen) atoms. The minimum absolute atomic E-state index is 0.0700. The molecule has 3 heteroatoms. The number of nitrogens with one attached hydrogen (secondary N) is 1. The van der Waals surface area contributed by atoms with Crippen LogP contribution in [-0.4, -0.2) is 29.8 Å². The van der Waals surface area contributed by atoms with Crippen LogP contribution in [0.25, 0.3) is 0 Å². The highest BCUT2D eigenvalue weighted by molar-refractivity contribution is 5.00. The molecule has 0 radical (unpaired) electrons. The van der Waals surface area contributed by atoms with E-state index in [2.05, 4.69) is 33.0 Å². The number of nitrogens with two attached hydrogens (primary N) is 1. The van der Waals surface area contributed by atoms with E-state index in [0.717, 1.165) is 12.3 Å². The largest absolute Gasteiger partial charge is 0.396 e. The van der Waals surface area contributed by atoms with Crippen LogP contribution in [0.4, 0.5) is 0 Å². The predicted octanol–water partition coefficient (Wildman–Crippen LogP) is 1.75. The van der Waals surface area contributed by atoms with Crippen LogP contribution < -0.4 is 11.1 Å². The molecule has 1 aliphatic rings. The first-order valence-corrected chi connectivity index (χ1v) is 7.05. The van der Waals surface area contributed by atoms with E-state index < -0.39 is 0 Å². The van der Waals surface area contributed by atoms with E-state index in [9.17, 15) is 5.11 Å². The van der Waals surface area contributed by atoms with Gasteiger partial charge in [0, 0.05) is 24.7 Å². The van der Waals surface area contributed by atoms with Gasteiger partial charge in [-0.15, -0.1) is 0 Å². The molecule has 1 aliphatic carbocycles. The summed E-state index contributed by atoms with van der Waals surface area (Å²) in [4.78, 5) is 0. The van der Waals surface area contributed by atoms with Crippen molar-refractivity contribution in [2.45, 2.75) is 58.5 Å². The van der Waals surface area contributed by atoms with Gasteiger partial charge in [-0.25, -0.2) is 0 Å². The molecule has 0 aromatic rings. The molecule has 4 N–H and O–H groups in total. The second-order valence-corrected chi connectivity index (χ2v) is 6.11. The Hall–Kier alpha value is -0.120. The monoisotopic (exact) mass is 242 g/mol. The number of hydrogen-bond donors (Lipinski definition) is 3. The van der Waals surface area contributed by atoms with E-state index in [-0.39, 0.29) is 18.1 Å². The molecule has 0 saturated heterocycles. The Labute approximate surface area is 106 Å². The molecule has 0 aromatic carbocycles. The van der Waals surface area contributed by atoms with Gasteiger partial charge < -0.3 is 16.2 Å². The highest BCUT2D eigenvalue weighted by atomic mass is 16.3. The van der Waals surface area contributed by atoms with Crippen LogP contribution in [0.1, 0.15) is 47.0 Å². The third-order valence-electron chi connectivity index (χ3n) is 5.03. The molecule has 0 spiro atoms. The van der Waals surface area contributed by atoms with Crippen LogP contribution in [0.5, 0.6) is 0 Å². The molecule has 0 heterocycles. The zero-order chi connectivity index (χ0) is 13.1. The van der Waals surface area contributed by atoms with E-state index >= 15 is 0 Å². The Morgan fingerprint density at radius 1 is 1.41 bits per heavy atom. The van der Waals surface area contributed by atoms with Crippen LogP contribution in [-0.2, 0) is 0 Å². The molecular formula is C14H30N2O. The topological polar surface area (TPSA) is 58.3 Å². The molecule has 0 bridgehead atoms. The first-order chi connectivity index (χ1) is 7.96. The second kappa shape index (κ2) is 6.17. The van der Waals surface area contributed by atoms with Crippen LogP contribution in [0.3, 0.4) is 0 Å². The van der Waals surface area contributed by atoms with Crippen molar-refractivity contribution in [3.8, 4) is 0 Å². The van der Waals surface area contributed by atoms with Gasteiger partial charge in [0.05, 0.1) is 0 Å². The fraction of sp³-hybridized carbons (Fsp3) is 1.00. The average molecular weight is 242 g/mol. The van der Waals surface area contributed by atoms with Crippen LogP contribution >= 0.6 is 0 Å². The number of rotatable bonds is 5. The Morgan fingerprint density at radius 2 is 2.06 bits per heavy atom. The maximum atomic E-state index is 9.24. The molecule has 5 unspecified atom stereocenters. The summed E-state index contributed by atoms with van der Waals surface area (Å²) in [7, 11) is 0. The zero-order valence-corrected chi connectivity index (χ0v) is 11.9. The van der Waals surface area contributed by atoms with Gasteiger partial charge in [-0.1, -0.05) is 33.6 Å². The van der Waals surface area contributed by atoms with Gasteiger partial charge in [0.25, 0.3) is 0 Å². The molecule has 1 fully saturated rings. The normalized spacial score (nSPS) is 37.8. The van der Waals surface area contributed by atoms with Crippen molar-refractivity contribution in [1.29, 1.82) is 0 Å². The van der Waals surface area contributed by atoms with Crippen molar-refractivity contribution in [1.82, 2.24) is 5.32 Å². The maximum absolute atomic E-state index is 9.24. The van der Waals surface area contributed by atoms with E-state index in [1.807, 2.05) is 0 Å². The van der Waals surface area contributed by atoms with Crippen LogP contribution in [0, 0.1) is 17.8 Å². The van der Waals surface area contributed by atoms with Gasteiger partial charge in [-0.2, -0.15) is 0 Å². The molecule has 1 rings (SSSR count). The third kappa shape index (κ3) is 3.21. The van der Waals surface area contributed by atoms with Crippen molar-refractivity contribution in [2.24, 2.45) is 23.5 Å². The smallest absolute Gasteiger partial charge is 0.0471 e. The lowest BCUT2D eigenvalue weighted by molar-refractivity contribution is 0.0838. The lowest BCUT2D eigenvalue weighted by Crippen LogP contribution is -2.62. The van der Waals surface area contributed by atoms with Gasteiger partial charge in [-0.05, 0) is 31.1 Å². The summed E-state index contributed by atoms with van der Waals surface area (Å²) < 4.78 is 0. The summed E-state index contributed by atoms with van der Waals surface area (Å²) in [5.74, 6) is 1.62. The third-order valence-corrected chi connectivity index (χ3v) is 5.03. The van der Waals surface area contributed by atoms with Gasteiger partial charge in [0.1, 0.15) is 0 Å². The van der Waals surface area contributed by atoms with E-state index in [1.54, 1.807) is 0 Å². The molecule has 1 saturated carbocycles. The lowest BCUT2D eigenvalue weighted by atomic mass is 9.68. The molecule has 3 nitrogen and oxygen atoms in total. The quantitative estimate of drug-likeness (QED) is 0.688. The fourth-order valence-electron chi connectivity index (χ4n) is 3.07. The minimum Gasteiger partial charge on any atom is -0.396 e. The molecule has 5 atom stereocenters. The van der Waals surface area contributed by atoms with Gasteiger partial charge in [0.2, 0.25) is 0 Å². The Bertz CT molecular complexity index is 234. The Kier molecular flexibility index (Phi) is 5.42. The van der Waals surface area contributed by atoms with Crippen LogP contribution in [0.2, 0.25) is 0 Å². The first-order valence-electron chi connectivity index (χ1n) is 7.05. The van der Waals surface area contributed by atoms with Crippen molar-refractivity contribution < 1.29 is 5.11 Å². The summed E-state index contributed by atoms with van der Waals surface area (Å²) in [6, 6.07) is 0.316. The number of aliphatic hydroxyl groups excluding tert-OH is 1. The zero-order valence-electron chi connectivity index (χ0n) is 11.9. The summed E-state index contributed by atoms with van der Waals surface area (Å²) in [6.07, 6.45) is 3.74. The lowest BCUT2D eigenvalue weighted by Gasteiger charge is -2.48. The number of hydrogen-bond acceptors (Lipinski definition) is 3. The predicted molar refractivity (Wildman–Crippen MR) is 72.8 cm³/mol. The fourth-order valence-corrected chi connectivity index (χ4v) is 3.07. The summed E-state index contributed by atoms with van der Waals surface area (Å²) in [5.41, 5.74) is 6.13. The SMILES string of the molecule is CC(CO)C(C)NC1(CN)CCCC(C)C1C. The van der Waals surface area contributed by atoms with Crippen molar-refractivity contribution >= 4 is 0 Å². The molecular weight excluding hydrogens is 212 g/mol. The average Bonchev–Trinajstić information content (AvgIpc) is 2.33. The van der Waals surface area contributed by atoms with Crippen molar-refractivity contribution in [2.75, 3.05) is 13.2 Å². The highest BCUT2D eigenvalue weighted by Gasteiger charge is 2.41. The Morgan fingerprint density at radius 3 is 2.59 bits per heavy atom.